The highest BCUT2D eigenvalue weighted by Gasteiger charge is 2.39. The molecule has 0 saturated heterocycles. The first kappa shape index (κ1) is 14.5. The topological polar surface area (TPSA) is 24.9 Å². The van der Waals surface area contributed by atoms with Crippen molar-refractivity contribution in [2.45, 2.75) is 70.8 Å². The highest BCUT2D eigenvalue weighted by Crippen LogP contribution is 2.44. The van der Waals surface area contributed by atoms with Gasteiger partial charge in [0.05, 0.1) is 11.2 Å². The van der Waals surface area contributed by atoms with E-state index in [-0.39, 0.29) is 5.54 Å². The maximum Gasteiger partial charge on any atom is 0.113 e. The lowest BCUT2D eigenvalue weighted by Gasteiger charge is -2.40. The molecule has 1 fully saturated rings. The van der Waals surface area contributed by atoms with Crippen molar-refractivity contribution in [2.24, 2.45) is 11.8 Å². The molecule has 1 N–H and O–H groups in total. The molecule has 3 rings (SSSR count). The summed E-state index contributed by atoms with van der Waals surface area (Å²) in [7, 11) is 2.14. The fourth-order valence-corrected chi connectivity index (χ4v) is 5.33. The van der Waals surface area contributed by atoms with Crippen molar-refractivity contribution in [3.8, 4) is 0 Å². The van der Waals surface area contributed by atoms with Gasteiger partial charge in [0, 0.05) is 4.88 Å². The molecular weight excluding hydrogens is 264 g/mol. The quantitative estimate of drug-likeness (QED) is 0.899. The highest BCUT2D eigenvalue weighted by molar-refractivity contribution is 7.11. The van der Waals surface area contributed by atoms with Gasteiger partial charge in [0.15, 0.2) is 0 Å². The standard InChI is InChI=1S/C17H28N2S/c1-12(2)13-8-10-17(18-3,11-9-13)16-19-14-6-4-5-7-15(14)20-16/h12-13,18H,4-11H2,1-3H3. The number of nitrogens with zero attached hydrogens (tertiary/aromatic N) is 1. The lowest BCUT2D eigenvalue weighted by molar-refractivity contribution is 0.168. The van der Waals surface area contributed by atoms with E-state index in [2.05, 4.69) is 26.2 Å². The van der Waals surface area contributed by atoms with Gasteiger partial charge in [0.2, 0.25) is 0 Å². The van der Waals surface area contributed by atoms with E-state index in [1.807, 2.05) is 11.3 Å². The molecule has 0 aromatic carbocycles. The number of thiazole rings is 1. The molecule has 0 bridgehead atoms. The van der Waals surface area contributed by atoms with Crippen LogP contribution in [0.2, 0.25) is 0 Å². The number of rotatable bonds is 3. The monoisotopic (exact) mass is 292 g/mol. The van der Waals surface area contributed by atoms with Crippen molar-refractivity contribution >= 4 is 11.3 Å². The van der Waals surface area contributed by atoms with E-state index in [4.69, 9.17) is 4.98 Å². The first-order chi connectivity index (χ1) is 9.64. The van der Waals surface area contributed by atoms with E-state index in [1.165, 1.54) is 62.1 Å². The largest absolute Gasteiger partial charge is 0.308 e. The van der Waals surface area contributed by atoms with Crippen molar-refractivity contribution in [2.75, 3.05) is 7.05 Å². The lowest BCUT2D eigenvalue weighted by atomic mass is 9.73. The van der Waals surface area contributed by atoms with Crippen LogP contribution >= 0.6 is 11.3 Å². The minimum Gasteiger partial charge on any atom is -0.308 e. The summed E-state index contributed by atoms with van der Waals surface area (Å²) in [6, 6.07) is 0. The molecule has 2 aliphatic rings. The van der Waals surface area contributed by atoms with Gasteiger partial charge >= 0.3 is 0 Å². The summed E-state index contributed by atoms with van der Waals surface area (Å²) >= 11 is 2.00. The summed E-state index contributed by atoms with van der Waals surface area (Å²) in [5.41, 5.74) is 1.59. The third-order valence-corrected chi connectivity index (χ3v) is 6.92. The van der Waals surface area contributed by atoms with Crippen molar-refractivity contribution in [1.29, 1.82) is 0 Å². The fraction of sp³-hybridized carbons (Fsp3) is 0.824. The predicted octanol–water partition coefficient (Wildman–Crippen LogP) is 4.28. The molecule has 1 aromatic heterocycles. The Hall–Kier alpha value is -0.410. The molecule has 2 aliphatic carbocycles. The smallest absolute Gasteiger partial charge is 0.113 e. The summed E-state index contributed by atoms with van der Waals surface area (Å²) in [5, 5.41) is 5.03. The summed E-state index contributed by atoms with van der Waals surface area (Å²) in [5.74, 6) is 1.74. The van der Waals surface area contributed by atoms with Crippen molar-refractivity contribution < 1.29 is 0 Å². The van der Waals surface area contributed by atoms with Gasteiger partial charge in [-0.05, 0) is 70.3 Å². The minimum absolute atomic E-state index is 0.174. The van der Waals surface area contributed by atoms with E-state index in [1.54, 1.807) is 4.88 Å². The zero-order chi connectivity index (χ0) is 14.2. The van der Waals surface area contributed by atoms with Gasteiger partial charge in [-0.25, -0.2) is 4.98 Å². The molecule has 20 heavy (non-hydrogen) atoms. The number of hydrogen-bond donors (Lipinski definition) is 1. The molecule has 112 valence electrons. The average Bonchev–Trinajstić information content (AvgIpc) is 2.91. The average molecular weight is 292 g/mol. The zero-order valence-corrected chi connectivity index (χ0v) is 14.0. The van der Waals surface area contributed by atoms with Crippen LogP contribution in [0.4, 0.5) is 0 Å². The molecule has 1 saturated carbocycles. The Morgan fingerprint density at radius 3 is 2.50 bits per heavy atom. The van der Waals surface area contributed by atoms with Gasteiger partial charge in [-0.3, -0.25) is 0 Å². The first-order valence-electron chi connectivity index (χ1n) is 8.32. The molecule has 0 unspecified atom stereocenters. The van der Waals surface area contributed by atoms with Gasteiger partial charge < -0.3 is 5.32 Å². The number of nitrogens with one attached hydrogen (secondary N) is 1. The number of fused-ring (bicyclic) bond motifs is 1. The second-order valence-corrected chi connectivity index (χ2v) is 8.09. The Labute approximate surface area is 127 Å². The molecular formula is C17H28N2S. The van der Waals surface area contributed by atoms with Gasteiger partial charge in [-0.2, -0.15) is 0 Å². The van der Waals surface area contributed by atoms with Crippen molar-refractivity contribution in [3.63, 3.8) is 0 Å². The lowest BCUT2D eigenvalue weighted by Crippen LogP contribution is -2.43. The molecule has 0 aliphatic heterocycles. The Bertz CT molecular complexity index is 432. The maximum atomic E-state index is 5.04. The number of aryl methyl sites for hydroxylation is 2. The van der Waals surface area contributed by atoms with E-state index in [0.29, 0.717) is 0 Å². The Balaban J connectivity index is 1.81. The Morgan fingerprint density at radius 2 is 1.90 bits per heavy atom. The molecule has 0 amide bonds. The van der Waals surface area contributed by atoms with E-state index in [0.717, 1.165) is 11.8 Å². The van der Waals surface area contributed by atoms with Crippen LogP contribution in [0.15, 0.2) is 0 Å². The predicted molar refractivity (Wildman–Crippen MR) is 86.3 cm³/mol. The van der Waals surface area contributed by atoms with Crippen LogP contribution in [0.5, 0.6) is 0 Å². The van der Waals surface area contributed by atoms with E-state index in [9.17, 15) is 0 Å². The Morgan fingerprint density at radius 1 is 1.20 bits per heavy atom. The zero-order valence-electron chi connectivity index (χ0n) is 13.2. The minimum atomic E-state index is 0.174. The van der Waals surface area contributed by atoms with Crippen LogP contribution in [0, 0.1) is 11.8 Å². The van der Waals surface area contributed by atoms with Crippen molar-refractivity contribution in [1.82, 2.24) is 10.3 Å². The van der Waals surface area contributed by atoms with Crippen LogP contribution in [0.3, 0.4) is 0 Å². The number of aromatic nitrogens is 1. The van der Waals surface area contributed by atoms with E-state index < -0.39 is 0 Å². The van der Waals surface area contributed by atoms with Gasteiger partial charge in [0.1, 0.15) is 5.01 Å². The van der Waals surface area contributed by atoms with Gasteiger partial charge in [-0.15, -0.1) is 11.3 Å². The second kappa shape index (κ2) is 5.76. The van der Waals surface area contributed by atoms with Gasteiger partial charge in [0.25, 0.3) is 0 Å². The summed E-state index contributed by atoms with van der Waals surface area (Å²) in [6.45, 7) is 4.75. The number of hydrogen-bond acceptors (Lipinski definition) is 3. The molecule has 0 radical (unpaired) electrons. The third-order valence-electron chi connectivity index (χ3n) is 5.56. The molecule has 3 heteroatoms. The molecule has 1 heterocycles. The third kappa shape index (κ3) is 2.55. The fourth-order valence-electron chi connectivity index (χ4n) is 3.93. The molecule has 0 atom stereocenters. The Kier molecular flexibility index (Phi) is 4.19. The maximum absolute atomic E-state index is 5.04. The molecule has 1 aromatic rings. The van der Waals surface area contributed by atoms with Crippen LogP contribution in [-0.4, -0.2) is 12.0 Å². The summed E-state index contributed by atoms with van der Waals surface area (Å²) < 4.78 is 0. The summed E-state index contributed by atoms with van der Waals surface area (Å²) in [6.07, 6.45) is 10.4. The SMILES string of the molecule is CNC1(c2nc3c(s2)CCCC3)CCC(C(C)C)CC1. The first-order valence-corrected chi connectivity index (χ1v) is 9.14. The van der Waals surface area contributed by atoms with Crippen molar-refractivity contribution in [3.05, 3.63) is 15.6 Å². The van der Waals surface area contributed by atoms with Crippen LogP contribution in [0.1, 0.15) is 68.0 Å². The second-order valence-electron chi connectivity index (χ2n) is 7.01. The normalized spacial score (nSPS) is 30.5. The van der Waals surface area contributed by atoms with Gasteiger partial charge in [-0.1, -0.05) is 13.8 Å². The molecule has 2 nitrogen and oxygen atoms in total. The van der Waals surface area contributed by atoms with Crippen LogP contribution < -0.4 is 5.32 Å². The highest BCUT2D eigenvalue weighted by atomic mass is 32.1. The van der Waals surface area contributed by atoms with E-state index >= 15 is 0 Å². The van der Waals surface area contributed by atoms with Crippen LogP contribution in [-0.2, 0) is 18.4 Å². The van der Waals surface area contributed by atoms with Crippen LogP contribution in [0.25, 0.3) is 0 Å². The molecule has 0 spiro atoms. The summed E-state index contributed by atoms with van der Waals surface area (Å²) in [4.78, 5) is 6.62.